The predicted octanol–water partition coefficient (Wildman–Crippen LogP) is 1.99. The summed E-state index contributed by atoms with van der Waals surface area (Å²) in [6.45, 7) is 2.30. The summed E-state index contributed by atoms with van der Waals surface area (Å²) in [5.74, 6) is 0.632. The van der Waals surface area contributed by atoms with Crippen LogP contribution in [0.1, 0.15) is 6.92 Å². The number of nitrogens with zero attached hydrogens (tertiary/aromatic N) is 1. The first-order valence-electron chi connectivity index (χ1n) is 7.07. The second-order valence-electron chi connectivity index (χ2n) is 4.83. The average molecular weight is 354 g/mol. The molecule has 6 nitrogen and oxygen atoms in total. The van der Waals surface area contributed by atoms with Crippen molar-refractivity contribution in [2.45, 2.75) is 17.1 Å². The molecule has 0 aliphatic carbocycles. The van der Waals surface area contributed by atoms with Gasteiger partial charge in [0.2, 0.25) is 11.8 Å². The van der Waals surface area contributed by atoms with Crippen molar-refractivity contribution < 1.29 is 19.1 Å². The van der Waals surface area contributed by atoms with Crippen molar-refractivity contribution in [3.63, 3.8) is 0 Å². The lowest BCUT2D eigenvalue weighted by molar-refractivity contribution is -0.125. The van der Waals surface area contributed by atoms with Crippen LogP contribution in [0.4, 0.5) is 4.79 Å². The van der Waals surface area contributed by atoms with Crippen LogP contribution in [-0.2, 0) is 9.59 Å². The van der Waals surface area contributed by atoms with E-state index in [0.29, 0.717) is 0 Å². The molecule has 1 saturated heterocycles. The van der Waals surface area contributed by atoms with Gasteiger partial charge in [-0.15, -0.1) is 11.8 Å². The fourth-order valence-corrected chi connectivity index (χ4v) is 3.59. The van der Waals surface area contributed by atoms with Gasteiger partial charge in [-0.2, -0.15) is 0 Å². The van der Waals surface area contributed by atoms with Gasteiger partial charge < -0.3 is 10.1 Å². The molecular weight excluding hydrogens is 336 g/mol. The van der Waals surface area contributed by atoms with Crippen LogP contribution in [0.15, 0.2) is 29.2 Å². The van der Waals surface area contributed by atoms with Crippen LogP contribution in [0.5, 0.6) is 5.75 Å². The van der Waals surface area contributed by atoms with Gasteiger partial charge in [-0.25, -0.2) is 0 Å². The van der Waals surface area contributed by atoms with E-state index >= 15 is 0 Å². The summed E-state index contributed by atoms with van der Waals surface area (Å²) in [6, 6.07) is 7.47. The number of benzene rings is 1. The first-order valence-corrected chi connectivity index (χ1v) is 8.93. The zero-order chi connectivity index (χ0) is 16.8. The first-order chi connectivity index (χ1) is 11.0. The molecule has 1 aliphatic rings. The second-order valence-corrected chi connectivity index (χ2v) is 7.17. The maximum Gasteiger partial charge on any atom is 0.288 e. The molecule has 0 bridgehead atoms. The molecule has 1 aliphatic heterocycles. The van der Waals surface area contributed by atoms with Crippen molar-refractivity contribution in [2.24, 2.45) is 0 Å². The monoisotopic (exact) mass is 354 g/mol. The van der Waals surface area contributed by atoms with Gasteiger partial charge in [0.25, 0.3) is 5.24 Å². The highest BCUT2D eigenvalue weighted by Gasteiger charge is 2.29. The predicted molar refractivity (Wildman–Crippen MR) is 90.9 cm³/mol. The lowest BCUT2D eigenvalue weighted by atomic mass is 10.3. The molecular formula is C15H18N2O4S2. The Bertz CT molecular complexity index is 576. The molecule has 8 heteroatoms. The molecule has 0 radical (unpaired) electrons. The van der Waals surface area contributed by atoms with E-state index in [-0.39, 0.29) is 41.1 Å². The summed E-state index contributed by atoms with van der Waals surface area (Å²) in [6.07, 6.45) is 0. The Kier molecular flexibility index (Phi) is 6.35. The number of amides is 3. The molecule has 0 unspecified atom stereocenters. The van der Waals surface area contributed by atoms with Gasteiger partial charge in [0.05, 0.1) is 18.1 Å². The third kappa shape index (κ3) is 4.90. The number of hydrogen-bond donors (Lipinski definition) is 1. The Morgan fingerprint density at radius 1 is 1.39 bits per heavy atom. The maximum absolute atomic E-state index is 12.1. The van der Waals surface area contributed by atoms with Crippen LogP contribution >= 0.6 is 23.5 Å². The van der Waals surface area contributed by atoms with Crippen molar-refractivity contribution >= 4 is 40.6 Å². The van der Waals surface area contributed by atoms with Crippen molar-refractivity contribution in [3.05, 3.63) is 24.3 Å². The van der Waals surface area contributed by atoms with Crippen LogP contribution < -0.4 is 10.1 Å². The summed E-state index contributed by atoms with van der Waals surface area (Å²) in [4.78, 5) is 37.1. The number of nitrogens with one attached hydrogen (secondary N) is 1. The molecule has 1 aromatic rings. The van der Waals surface area contributed by atoms with E-state index in [0.717, 1.165) is 22.4 Å². The van der Waals surface area contributed by atoms with E-state index < -0.39 is 0 Å². The standard InChI is InChI=1S/C15H18N2O4S2/c1-10(23-12-5-3-11(21-2)4-6-12)14(19)16-7-8-17-13(18)9-22-15(17)20/h3-6,10H,7-9H2,1-2H3,(H,16,19)/t10-/m0/s1. The van der Waals surface area contributed by atoms with Crippen LogP contribution in [0, 0.1) is 0 Å². The number of methoxy groups -OCH3 is 1. The number of rotatable bonds is 7. The van der Waals surface area contributed by atoms with Gasteiger partial charge in [0.15, 0.2) is 0 Å². The van der Waals surface area contributed by atoms with Crippen molar-refractivity contribution in [1.29, 1.82) is 0 Å². The molecule has 3 amide bonds. The molecule has 0 spiro atoms. The topological polar surface area (TPSA) is 75.7 Å². The van der Waals surface area contributed by atoms with E-state index in [9.17, 15) is 14.4 Å². The van der Waals surface area contributed by atoms with Crippen LogP contribution in [0.2, 0.25) is 0 Å². The fourth-order valence-electron chi connectivity index (χ4n) is 1.94. The van der Waals surface area contributed by atoms with Gasteiger partial charge in [0, 0.05) is 18.0 Å². The number of carbonyl (C=O) groups excluding carboxylic acids is 3. The third-order valence-electron chi connectivity index (χ3n) is 3.22. The molecule has 0 aromatic heterocycles. The normalized spacial score (nSPS) is 15.7. The fraction of sp³-hybridized carbons (Fsp3) is 0.400. The minimum absolute atomic E-state index is 0.127. The minimum atomic E-state index is -0.275. The number of ether oxygens (including phenoxy) is 1. The van der Waals surface area contributed by atoms with Crippen LogP contribution in [0.25, 0.3) is 0 Å². The summed E-state index contributed by atoms with van der Waals surface area (Å²) < 4.78 is 5.09. The molecule has 1 atom stereocenters. The highest BCUT2D eigenvalue weighted by atomic mass is 32.2. The zero-order valence-corrected chi connectivity index (χ0v) is 14.5. The molecule has 1 fully saturated rings. The first kappa shape index (κ1) is 17.7. The van der Waals surface area contributed by atoms with E-state index in [1.54, 1.807) is 7.11 Å². The van der Waals surface area contributed by atoms with Gasteiger partial charge >= 0.3 is 0 Å². The molecule has 1 heterocycles. The summed E-state index contributed by atoms with van der Waals surface area (Å²) in [5.41, 5.74) is 0. The van der Waals surface area contributed by atoms with Crippen LogP contribution in [-0.4, -0.2) is 53.2 Å². The van der Waals surface area contributed by atoms with E-state index in [1.165, 1.54) is 16.7 Å². The number of thioether (sulfide) groups is 2. The lowest BCUT2D eigenvalue weighted by Gasteiger charge is -2.15. The molecule has 2 rings (SSSR count). The Hall–Kier alpha value is -1.67. The molecule has 1 N–H and O–H groups in total. The molecule has 23 heavy (non-hydrogen) atoms. The van der Waals surface area contributed by atoms with Crippen molar-refractivity contribution in [1.82, 2.24) is 10.2 Å². The summed E-state index contributed by atoms with van der Waals surface area (Å²) in [5, 5.41) is 2.23. The molecule has 0 saturated carbocycles. The van der Waals surface area contributed by atoms with Gasteiger partial charge in [-0.1, -0.05) is 11.8 Å². The number of carbonyl (C=O) groups is 3. The summed E-state index contributed by atoms with van der Waals surface area (Å²) in [7, 11) is 1.60. The van der Waals surface area contributed by atoms with Gasteiger partial charge in [0.1, 0.15) is 5.75 Å². The Labute approximate surface area is 143 Å². The lowest BCUT2D eigenvalue weighted by Crippen LogP contribution is -2.39. The van der Waals surface area contributed by atoms with E-state index in [4.69, 9.17) is 4.74 Å². The highest BCUT2D eigenvalue weighted by molar-refractivity contribution is 8.14. The van der Waals surface area contributed by atoms with Crippen LogP contribution in [0.3, 0.4) is 0 Å². The number of hydrogen-bond acceptors (Lipinski definition) is 6. The molecule has 124 valence electrons. The van der Waals surface area contributed by atoms with E-state index in [1.807, 2.05) is 31.2 Å². The largest absolute Gasteiger partial charge is 0.497 e. The Morgan fingerprint density at radius 3 is 2.65 bits per heavy atom. The Balaban J connectivity index is 1.76. The SMILES string of the molecule is COc1ccc(S[C@@H](C)C(=O)NCCN2C(=O)CSC2=O)cc1. The van der Waals surface area contributed by atoms with Crippen molar-refractivity contribution in [3.8, 4) is 5.75 Å². The maximum atomic E-state index is 12.1. The Morgan fingerprint density at radius 2 is 2.09 bits per heavy atom. The zero-order valence-electron chi connectivity index (χ0n) is 12.9. The van der Waals surface area contributed by atoms with Gasteiger partial charge in [-0.3, -0.25) is 19.3 Å². The average Bonchev–Trinajstić information content (AvgIpc) is 2.87. The quantitative estimate of drug-likeness (QED) is 0.755. The molecule has 1 aromatic carbocycles. The summed E-state index contributed by atoms with van der Waals surface area (Å²) >= 11 is 2.43. The van der Waals surface area contributed by atoms with Gasteiger partial charge in [-0.05, 0) is 31.2 Å². The van der Waals surface area contributed by atoms with E-state index in [2.05, 4.69) is 5.32 Å². The second kappa shape index (κ2) is 8.26. The third-order valence-corrected chi connectivity index (χ3v) is 5.19. The number of imide groups is 1. The van der Waals surface area contributed by atoms with Crippen molar-refractivity contribution in [2.75, 3.05) is 26.0 Å². The smallest absolute Gasteiger partial charge is 0.288 e. The highest BCUT2D eigenvalue weighted by Crippen LogP contribution is 2.25. The minimum Gasteiger partial charge on any atom is -0.497 e.